The van der Waals surface area contributed by atoms with Gasteiger partial charge in [-0.1, -0.05) is 20.8 Å². The maximum Gasteiger partial charge on any atom is 2.00 e. The zero-order valence-corrected chi connectivity index (χ0v) is 50.9. The minimum Gasteiger partial charge on any atom is -0.481 e. The van der Waals surface area contributed by atoms with Crippen molar-refractivity contribution in [3.05, 3.63) is 68.8 Å². The fourth-order valence-corrected chi connectivity index (χ4v) is 10.9. The minimum atomic E-state index is -4.47. The summed E-state index contributed by atoms with van der Waals surface area (Å²) in [7, 11) is -3.27. The van der Waals surface area contributed by atoms with Crippen molar-refractivity contribution >= 4 is 79.5 Å². The van der Waals surface area contributed by atoms with Gasteiger partial charge in [-0.3, -0.25) is 53.1 Å². The van der Waals surface area contributed by atoms with Crippen LogP contribution in [0.5, 0.6) is 0 Å². The summed E-state index contributed by atoms with van der Waals surface area (Å²) in [6.45, 7) is 11.2. The molecule has 4 amide bonds. The number of aryl methyl sites for hydroxylation is 2. The van der Waals surface area contributed by atoms with E-state index in [1.54, 1.807) is 17.9 Å². The molecule has 11 N–H and O–H groups in total. The maximum atomic E-state index is 14.3. The van der Waals surface area contributed by atoms with Crippen LogP contribution in [0.4, 0.5) is 0 Å². The molecule has 0 spiro atoms. The molecule has 23 nitrogen and oxygen atoms in total. The number of aliphatic imine (C=N–C) groups is 1. The van der Waals surface area contributed by atoms with E-state index in [0.29, 0.717) is 89.1 Å². The molecule has 0 aliphatic carbocycles. The number of carboxylic acids is 1. The topological polar surface area (TPSA) is 364 Å². The van der Waals surface area contributed by atoms with Crippen LogP contribution in [0.3, 0.4) is 0 Å². The number of aromatic nitrogens is 4. The Morgan fingerprint density at radius 3 is 2.18 bits per heavy atom. The average molecular weight is 1220 g/mol. The van der Waals surface area contributed by atoms with Crippen molar-refractivity contribution in [1.82, 2.24) is 40.8 Å². The van der Waals surface area contributed by atoms with Gasteiger partial charge in [-0.15, -0.1) is 0 Å². The molecule has 6 heterocycles. The molecule has 2 unspecified atom stereocenters. The molecule has 420 valence electrons. The first-order chi connectivity index (χ1) is 35.9. The Morgan fingerprint density at radius 1 is 0.910 bits per heavy atom. The minimum absolute atomic E-state index is 0. The number of fused-ring (bicyclic) bond motifs is 8. The Hall–Kier alpha value is -4.91. The van der Waals surface area contributed by atoms with Crippen LogP contribution in [0.25, 0.3) is 22.1 Å². The predicted octanol–water partition coefficient (Wildman–Crippen LogP) is 0.659. The van der Waals surface area contributed by atoms with E-state index in [-0.39, 0.29) is 162 Å². The van der Waals surface area contributed by atoms with Crippen molar-refractivity contribution in [1.29, 1.82) is 0 Å². The van der Waals surface area contributed by atoms with E-state index in [1.165, 1.54) is 14.0 Å². The second-order valence-electron chi connectivity index (χ2n) is 20.0. The smallest absolute Gasteiger partial charge is 0.481 e. The molecule has 0 radical (unpaired) electrons. The molecule has 3 aromatic heterocycles. The van der Waals surface area contributed by atoms with Crippen LogP contribution in [-0.4, -0.2) is 142 Å². The summed E-state index contributed by atoms with van der Waals surface area (Å²) in [5.74, 6) is -7.45. The van der Waals surface area contributed by atoms with E-state index in [0.717, 1.165) is 0 Å². The van der Waals surface area contributed by atoms with Crippen molar-refractivity contribution in [2.24, 2.45) is 28.3 Å². The number of hydrogen-bond acceptors (Lipinski definition) is 13. The van der Waals surface area contributed by atoms with Crippen LogP contribution in [0.2, 0.25) is 0 Å². The van der Waals surface area contributed by atoms with E-state index in [1.807, 2.05) is 39.8 Å². The summed E-state index contributed by atoms with van der Waals surface area (Å²) in [5, 5.41) is 18.2. The molecule has 6 atom stereocenters. The van der Waals surface area contributed by atoms with E-state index >= 15 is 0 Å². The van der Waals surface area contributed by atoms with Crippen molar-refractivity contribution < 1.29 is 128 Å². The van der Waals surface area contributed by atoms with Crippen LogP contribution < -0.4 is 78.8 Å². The van der Waals surface area contributed by atoms with Crippen LogP contribution in [-0.2, 0) is 65.7 Å². The second kappa shape index (κ2) is 29.0. The van der Waals surface area contributed by atoms with Crippen LogP contribution in [0.15, 0.2) is 23.2 Å². The number of amides is 4. The van der Waals surface area contributed by atoms with Gasteiger partial charge in [0.15, 0.2) is 11.7 Å². The third-order valence-corrected chi connectivity index (χ3v) is 15.4. The third kappa shape index (κ3) is 16.6. The Labute approximate surface area is 509 Å². The number of Topliss-reactive ketones (excluding diaryl/α,β-unsaturated/α-hetero) is 1. The van der Waals surface area contributed by atoms with Gasteiger partial charge < -0.3 is 52.1 Å². The van der Waals surface area contributed by atoms with Gasteiger partial charge in [-0.2, -0.15) is 8.42 Å². The summed E-state index contributed by atoms with van der Waals surface area (Å²) < 4.78 is 38.1. The van der Waals surface area contributed by atoms with Crippen molar-refractivity contribution in [3.63, 3.8) is 0 Å². The third-order valence-electron chi connectivity index (χ3n) is 14.7. The standard InChI is InChI=1S/C52H71N11O12S.K.Pd/c1-8-33-26(2)36-22-41-46(30(6)64)28(4)38(60-41)20-37-27(3)34(18-42(65)57-23-31(17-44(67)68)24-58-50(70)32-11-10-15-63(25-32)43(66)12-9-13-56-52(53)54)48(61-37)35(19-45(69)75-7)49-47(51(71)55-14-16-76(72,73)74)29(5)39(62-49)21-40(33)59-36;;/h20-22,26-27,31-34,60,62H,8-19,23-25H2,1-7H3,(H,55,71)(H,57,65)(H,58,70)(H,67,68)(H4,53,54,56)(H,72,73,74);;/q;+1;+2/t26-,27+,31?,32?,33-,34+;;/m1../s1. The zero-order chi connectivity index (χ0) is 55.8. The number of nitrogens with two attached hydrogens (primary N) is 2. The molecule has 8 bridgehead atoms. The number of carboxylic acid groups (broad SMARTS) is 1. The van der Waals surface area contributed by atoms with Gasteiger partial charge in [0.05, 0.1) is 53.9 Å². The molecule has 0 aromatic carbocycles. The number of aromatic amines is 2. The number of ketones is 1. The maximum absolute atomic E-state index is 14.3. The number of hydrogen-bond donors (Lipinski definition) is 9. The molecule has 26 heteroatoms. The number of guanidine groups is 1. The van der Waals surface area contributed by atoms with Gasteiger partial charge >= 0.3 is 83.7 Å². The molecule has 78 heavy (non-hydrogen) atoms. The molecule has 1 saturated heterocycles. The summed E-state index contributed by atoms with van der Waals surface area (Å²) in [4.78, 5) is 117. The first-order valence-corrected chi connectivity index (χ1v) is 27.2. The molecule has 1 fully saturated rings. The molecule has 3 aliphatic rings. The van der Waals surface area contributed by atoms with Crippen LogP contribution >= 0.6 is 0 Å². The SMILES string of the molecule is CC[C@H]1c2cc3[nH]c(c(CC(=O)OC)c4nc(cc5[nH]c(cc(n2)[C@@H]1C)c(C(C)=O)c5C)[C@@H](C)[C@@H]4CC(=O)NCC(CNC(=O)C1CCCN(C(=O)CCCN=C(N)N)C1)CC(=O)O)c(C(=O)NCCS(=O)(=O)O)c3C.[K+].[Pd+2]. The number of nitrogens with zero attached hydrogens (tertiary/aromatic N) is 4. The number of piperidine rings is 1. The molecular formula is C52H71KN11O12PdS+3. The Balaban J connectivity index is 0.00000656. The number of aliphatic carboxylic acids is 1. The molecule has 3 aliphatic heterocycles. The summed E-state index contributed by atoms with van der Waals surface area (Å²) in [5.41, 5.74) is 16.3. The monoisotopic (exact) mass is 1220 g/mol. The van der Waals surface area contributed by atoms with Gasteiger partial charge in [0.2, 0.25) is 17.7 Å². The van der Waals surface area contributed by atoms with E-state index in [9.17, 15) is 51.6 Å². The van der Waals surface area contributed by atoms with E-state index in [2.05, 4.69) is 30.9 Å². The number of carbonyl (C=O) groups is 7. The number of methoxy groups -OCH3 is 1. The van der Waals surface area contributed by atoms with Gasteiger partial charge in [0.1, 0.15) is 0 Å². The van der Waals surface area contributed by atoms with Crippen LogP contribution in [0.1, 0.15) is 156 Å². The predicted molar refractivity (Wildman–Crippen MR) is 283 cm³/mol. The van der Waals surface area contributed by atoms with Gasteiger partial charge in [-0.25, -0.2) is 0 Å². The number of H-pyrrole nitrogens is 2. The fourth-order valence-electron chi connectivity index (χ4n) is 10.5. The number of likely N-dealkylation sites (tertiary alicyclic amines) is 1. The normalized spacial score (nSPS) is 18.3. The first kappa shape index (κ1) is 65.6. The number of esters is 1. The summed E-state index contributed by atoms with van der Waals surface area (Å²) in [6, 6.07) is 5.46. The Kier molecular flexibility index (Phi) is 24.4. The van der Waals surface area contributed by atoms with Gasteiger partial charge in [0, 0.05) is 121 Å². The van der Waals surface area contributed by atoms with E-state index in [4.69, 9.17) is 26.2 Å². The molecule has 0 saturated carbocycles. The molecule has 6 rings (SSSR count). The number of rotatable bonds is 21. The second-order valence-corrected chi connectivity index (χ2v) is 21.6. The molecule has 3 aromatic rings. The van der Waals surface area contributed by atoms with E-state index < -0.39 is 82.7 Å². The largest absolute Gasteiger partial charge is 2.00 e. The summed E-state index contributed by atoms with van der Waals surface area (Å²) >= 11 is 0. The van der Waals surface area contributed by atoms with Crippen LogP contribution in [0, 0.1) is 25.7 Å². The Bertz CT molecular complexity index is 3090. The zero-order valence-electron chi connectivity index (χ0n) is 45.4. The average Bonchev–Trinajstić information content (AvgIpc) is 4.05. The van der Waals surface area contributed by atoms with Gasteiger partial charge in [0.25, 0.3) is 16.0 Å². The Morgan fingerprint density at radius 2 is 1.54 bits per heavy atom. The number of carbonyl (C=O) groups excluding carboxylic acids is 6. The van der Waals surface area contributed by atoms with Crippen molar-refractivity contribution in [3.8, 4) is 0 Å². The van der Waals surface area contributed by atoms with Crippen molar-refractivity contribution in [2.45, 2.75) is 117 Å². The quantitative estimate of drug-likeness (QED) is 0.0135. The number of nitrogens with one attached hydrogen (secondary N) is 5. The van der Waals surface area contributed by atoms with Crippen molar-refractivity contribution in [2.75, 3.05) is 52.1 Å². The summed E-state index contributed by atoms with van der Waals surface area (Å²) in [6.07, 6.45) is 1.34. The fraction of sp³-hybridized carbons (Fsp3) is 0.538. The first-order valence-electron chi connectivity index (χ1n) is 25.6. The molecular weight excluding hydrogens is 1150 g/mol. The number of ether oxygens (including phenoxy) is 1. The van der Waals surface area contributed by atoms with Gasteiger partial charge in [-0.05, 0) is 75.8 Å².